The maximum atomic E-state index is 12.0. The van der Waals surface area contributed by atoms with Crippen molar-refractivity contribution < 1.29 is 14.4 Å². The molecule has 1 aliphatic heterocycles. The van der Waals surface area contributed by atoms with E-state index in [1.807, 2.05) is 0 Å². The van der Waals surface area contributed by atoms with Crippen molar-refractivity contribution in [3.63, 3.8) is 0 Å². The number of benzene rings is 1. The van der Waals surface area contributed by atoms with Gasteiger partial charge in [-0.3, -0.25) is 9.59 Å². The number of ketones is 2. The summed E-state index contributed by atoms with van der Waals surface area (Å²) in [6, 6.07) is 3.07. The van der Waals surface area contributed by atoms with Gasteiger partial charge in [-0.15, -0.1) is 0 Å². The van der Waals surface area contributed by atoms with E-state index in [-0.39, 0.29) is 16.4 Å². The number of halogens is 2. The average Bonchev–Trinajstić information content (AvgIpc) is 2.64. The lowest BCUT2D eigenvalue weighted by molar-refractivity contribution is -0.117. The largest absolute Gasteiger partial charge is 0.303 e. The fraction of sp³-hybridized carbons (Fsp3) is 0.357. The molecule has 0 N–H and O–H groups in total. The lowest BCUT2D eigenvalue weighted by Crippen LogP contribution is -2.30. The Kier molecular flexibility index (Phi) is 4.45. The molecule has 0 saturated heterocycles. The number of anilines is 1. The lowest BCUT2D eigenvalue weighted by Gasteiger charge is -2.17. The van der Waals surface area contributed by atoms with E-state index >= 15 is 0 Å². The summed E-state index contributed by atoms with van der Waals surface area (Å²) < 4.78 is 0. The van der Waals surface area contributed by atoms with Crippen LogP contribution in [-0.4, -0.2) is 24.0 Å². The molecule has 1 heterocycles. The average molecular weight is 314 g/mol. The van der Waals surface area contributed by atoms with Crippen LogP contribution in [0.25, 0.3) is 0 Å². The molecule has 0 saturated carbocycles. The molecular weight excluding hydrogens is 301 g/mol. The van der Waals surface area contributed by atoms with Gasteiger partial charge in [0.1, 0.15) is 5.78 Å². The third kappa shape index (κ3) is 2.72. The van der Waals surface area contributed by atoms with Gasteiger partial charge in [0.05, 0.1) is 21.3 Å². The van der Waals surface area contributed by atoms with Crippen molar-refractivity contribution in [3.05, 3.63) is 27.7 Å². The monoisotopic (exact) mass is 313 g/mol. The predicted octanol–water partition coefficient (Wildman–Crippen LogP) is 3.28. The van der Waals surface area contributed by atoms with Gasteiger partial charge >= 0.3 is 0 Å². The summed E-state index contributed by atoms with van der Waals surface area (Å²) in [5.41, 5.74) is 0.563. The Morgan fingerprint density at radius 1 is 1.15 bits per heavy atom. The van der Waals surface area contributed by atoms with Gasteiger partial charge in [-0.05, 0) is 31.9 Å². The number of nitrogens with zero attached hydrogens (tertiary/aromatic N) is 1. The number of carbonyl (C=O) groups excluding carboxylic acids is 3. The van der Waals surface area contributed by atoms with Crippen LogP contribution in [-0.2, 0) is 9.59 Å². The van der Waals surface area contributed by atoms with Gasteiger partial charge in [-0.2, -0.15) is 0 Å². The van der Waals surface area contributed by atoms with Crippen LogP contribution < -0.4 is 4.90 Å². The maximum absolute atomic E-state index is 12.0. The second-order valence-electron chi connectivity index (χ2n) is 4.70. The number of Topliss-reactive ketones (excluding diaryl/α,β-unsaturated/α-hetero) is 2. The first-order chi connectivity index (χ1) is 9.43. The van der Waals surface area contributed by atoms with Crippen molar-refractivity contribution in [3.8, 4) is 0 Å². The zero-order valence-corrected chi connectivity index (χ0v) is 12.4. The van der Waals surface area contributed by atoms with Crippen molar-refractivity contribution in [1.29, 1.82) is 0 Å². The van der Waals surface area contributed by atoms with E-state index in [4.69, 9.17) is 23.2 Å². The summed E-state index contributed by atoms with van der Waals surface area (Å²) in [6.45, 7) is 1.88. The van der Waals surface area contributed by atoms with Gasteiger partial charge in [0.25, 0.3) is 11.7 Å². The van der Waals surface area contributed by atoms with Crippen LogP contribution in [0, 0.1) is 0 Å². The molecular formula is C14H13Cl2NO3. The van der Waals surface area contributed by atoms with Crippen molar-refractivity contribution in [2.24, 2.45) is 0 Å². The van der Waals surface area contributed by atoms with Gasteiger partial charge in [0.15, 0.2) is 0 Å². The van der Waals surface area contributed by atoms with E-state index in [0.29, 0.717) is 36.5 Å². The van der Waals surface area contributed by atoms with Crippen LogP contribution in [0.4, 0.5) is 5.69 Å². The first-order valence-electron chi connectivity index (χ1n) is 6.27. The molecule has 0 bridgehead atoms. The minimum atomic E-state index is -0.626. The smallest absolute Gasteiger partial charge is 0.299 e. The highest BCUT2D eigenvalue weighted by Crippen LogP contribution is 2.39. The number of fused-ring (bicyclic) bond motifs is 1. The third-order valence-electron chi connectivity index (χ3n) is 3.17. The Morgan fingerprint density at radius 3 is 2.45 bits per heavy atom. The zero-order valence-electron chi connectivity index (χ0n) is 10.9. The van der Waals surface area contributed by atoms with Gasteiger partial charge in [-0.25, -0.2) is 0 Å². The highest BCUT2D eigenvalue weighted by molar-refractivity contribution is 6.56. The normalized spacial score (nSPS) is 13.8. The highest BCUT2D eigenvalue weighted by atomic mass is 35.5. The highest BCUT2D eigenvalue weighted by Gasteiger charge is 2.38. The summed E-state index contributed by atoms with van der Waals surface area (Å²) in [6.07, 6.45) is 1.76. The van der Waals surface area contributed by atoms with E-state index in [1.165, 1.54) is 17.9 Å². The molecule has 0 unspecified atom stereocenters. The number of hydrogen-bond acceptors (Lipinski definition) is 3. The molecule has 0 fully saturated rings. The number of amides is 1. The number of hydrogen-bond donors (Lipinski definition) is 0. The minimum absolute atomic E-state index is 0.107. The van der Waals surface area contributed by atoms with Gasteiger partial charge in [-0.1, -0.05) is 23.2 Å². The Morgan fingerprint density at radius 2 is 1.80 bits per heavy atom. The molecule has 2 rings (SSSR count). The zero-order chi connectivity index (χ0) is 14.9. The topological polar surface area (TPSA) is 54.5 Å². The fourth-order valence-corrected chi connectivity index (χ4v) is 2.71. The summed E-state index contributed by atoms with van der Waals surface area (Å²) in [4.78, 5) is 36.2. The second kappa shape index (κ2) is 5.94. The molecule has 0 atom stereocenters. The molecule has 1 amide bonds. The standard InChI is InChI=1S/C14H13Cl2NO3/c1-8(18)4-2-3-7-17-12-10(16)6-5-9(15)11(12)13(19)14(17)20/h5-6H,2-4,7H2,1H3. The Bertz CT molecular complexity index is 598. The molecule has 6 heteroatoms. The quantitative estimate of drug-likeness (QED) is 0.619. The molecule has 1 aromatic carbocycles. The number of carbonyl (C=O) groups is 3. The van der Waals surface area contributed by atoms with Crippen LogP contribution in [0.2, 0.25) is 10.0 Å². The van der Waals surface area contributed by atoms with Crippen molar-refractivity contribution >= 4 is 46.4 Å². The molecule has 4 nitrogen and oxygen atoms in total. The molecule has 0 aromatic heterocycles. The van der Waals surface area contributed by atoms with Crippen LogP contribution in [0.3, 0.4) is 0 Å². The number of rotatable bonds is 5. The predicted molar refractivity (Wildman–Crippen MR) is 77.7 cm³/mol. The van der Waals surface area contributed by atoms with E-state index in [9.17, 15) is 14.4 Å². The SMILES string of the molecule is CC(=O)CCCCN1C(=O)C(=O)c2c(Cl)ccc(Cl)c21. The summed E-state index contributed by atoms with van der Waals surface area (Å²) >= 11 is 12.0. The fourth-order valence-electron chi connectivity index (χ4n) is 2.21. The molecule has 1 aromatic rings. The first-order valence-corrected chi connectivity index (χ1v) is 7.02. The molecule has 1 aliphatic rings. The van der Waals surface area contributed by atoms with E-state index in [1.54, 1.807) is 6.07 Å². The maximum Gasteiger partial charge on any atom is 0.299 e. The Hall–Kier alpha value is -1.39. The van der Waals surface area contributed by atoms with E-state index < -0.39 is 11.7 Å². The Labute approximate surface area is 126 Å². The van der Waals surface area contributed by atoms with E-state index in [2.05, 4.69) is 0 Å². The van der Waals surface area contributed by atoms with Crippen LogP contribution in [0.5, 0.6) is 0 Å². The lowest BCUT2D eigenvalue weighted by atomic mass is 10.1. The van der Waals surface area contributed by atoms with Crippen LogP contribution >= 0.6 is 23.2 Å². The second-order valence-corrected chi connectivity index (χ2v) is 5.51. The third-order valence-corrected chi connectivity index (χ3v) is 3.79. The number of unbranched alkanes of at least 4 members (excludes halogenated alkanes) is 1. The molecule has 0 radical (unpaired) electrons. The summed E-state index contributed by atoms with van der Waals surface area (Å²) in [5.74, 6) is -1.13. The minimum Gasteiger partial charge on any atom is -0.303 e. The van der Waals surface area contributed by atoms with E-state index in [0.717, 1.165) is 0 Å². The molecule has 106 valence electrons. The molecule has 0 aliphatic carbocycles. The van der Waals surface area contributed by atoms with Gasteiger partial charge < -0.3 is 9.69 Å². The van der Waals surface area contributed by atoms with Crippen LogP contribution in [0.1, 0.15) is 36.5 Å². The van der Waals surface area contributed by atoms with Gasteiger partial charge in [0, 0.05) is 13.0 Å². The van der Waals surface area contributed by atoms with Gasteiger partial charge in [0.2, 0.25) is 0 Å². The molecule has 0 spiro atoms. The van der Waals surface area contributed by atoms with Crippen LogP contribution in [0.15, 0.2) is 12.1 Å². The molecule has 20 heavy (non-hydrogen) atoms. The summed E-state index contributed by atoms with van der Waals surface area (Å²) in [7, 11) is 0. The first kappa shape index (κ1) is 15.0. The Balaban J connectivity index is 2.20. The summed E-state index contributed by atoms with van der Waals surface area (Å²) in [5, 5.41) is 0.559. The van der Waals surface area contributed by atoms with Crippen molar-refractivity contribution in [2.75, 3.05) is 11.4 Å². The van der Waals surface area contributed by atoms with Crippen molar-refractivity contribution in [2.45, 2.75) is 26.2 Å². The van der Waals surface area contributed by atoms with Crippen molar-refractivity contribution in [1.82, 2.24) is 0 Å².